The van der Waals surface area contributed by atoms with Crippen molar-refractivity contribution in [3.8, 4) is 0 Å². The second-order valence-electron chi connectivity index (χ2n) is 5.31. The second kappa shape index (κ2) is 8.29. The molecule has 0 aromatic rings. The highest BCUT2D eigenvalue weighted by atomic mass is 16.1. The van der Waals surface area contributed by atoms with Gasteiger partial charge in [0.25, 0.3) is 0 Å². The quantitative estimate of drug-likeness (QED) is 0.667. The van der Waals surface area contributed by atoms with Gasteiger partial charge < -0.3 is 10.6 Å². The first kappa shape index (κ1) is 14.2. The van der Waals surface area contributed by atoms with Crippen LogP contribution in [0, 0.1) is 11.8 Å². The Hall–Kier alpha value is -0.830. The number of hydrogen-bond acceptors (Lipinski definition) is 2. The molecule has 0 aromatic heterocycles. The molecule has 1 aliphatic rings. The van der Waals surface area contributed by atoms with Gasteiger partial charge in [-0.2, -0.15) is 0 Å². The van der Waals surface area contributed by atoms with Crippen molar-refractivity contribution in [2.75, 3.05) is 19.6 Å². The van der Waals surface area contributed by atoms with E-state index in [1.165, 1.54) is 12.8 Å². The normalized spacial score (nSPS) is 19.6. The molecule has 0 saturated heterocycles. The molecule has 0 spiro atoms. The van der Waals surface area contributed by atoms with Gasteiger partial charge in [-0.25, -0.2) is 0 Å². The highest BCUT2D eigenvalue weighted by molar-refractivity contribution is 5.77. The molecule has 2 N–H and O–H groups in total. The van der Waals surface area contributed by atoms with E-state index in [0.29, 0.717) is 18.4 Å². The standard InChI is InChI=1S/C14H26N2O/c1-12(2)8-9-16-14(17)11-15-10-13-6-4-3-5-7-13/h3-4,12-13,15H,5-11H2,1-2H3,(H,16,17). The average Bonchev–Trinajstić information content (AvgIpc) is 2.30. The molecular formula is C14H26N2O. The lowest BCUT2D eigenvalue weighted by Crippen LogP contribution is -2.36. The van der Waals surface area contributed by atoms with E-state index in [0.717, 1.165) is 25.9 Å². The first-order valence-corrected chi connectivity index (χ1v) is 6.81. The number of carbonyl (C=O) groups is 1. The average molecular weight is 238 g/mol. The molecule has 3 heteroatoms. The lowest BCUT2D eigenvalue weighted by atomic mass is 9.94. The Bertz CT molecular complexity index is 249. The predicted octanol–water partition coefficient (Wildman–Crippen LogP) is 2.09. The Morgan fingerprint density at radius 2 is 2.24 bits per heavy atom. The molecule has 0 radical (unpaired) electrons. The molecule has 0 saturated carbocycles. The molecule has 1 unspecified atom stereocenters. The maximum atomic E-state index is 11.5. The van der Waals surface area contributed by atoms with Crippen LogP contribution in [0.5, 0.6) is 0 Å². The van der Waals surface area contributed by atoms with Gasteiger partial charge in [-0.15, -0.1) is 0 Å². The molecule has 1 rings (SSSR count). The van der Waals surface area contributed by atoms with Gasteiger partial charge >= 0.3 is 0 Å². The van der Waals surface area contributed by atoms with Gasteiger partial charge in [-0.05, 0) is 44.1 Å². The number of nitrogens with one attached hydrogen (secondary N) is 2. The van der Waals surface area contributed by atoms with Crippen LogP contribution in [-0.4, -0.2) is 25.5 Å². The highest BCUT2D eigenvalue weighted by Crippen LogP contribution is 2.16. The van der Waals surface area contributed by atoms with Crippen molar-refractivity contribution < 1.29 is 4.79 Å². The number of allylic oxidation sites excluding steroid dienone is 2. The number of amides is 1. The van der Waals surface area contributed by atoms with Gasteiger partial charge in [0.15, 0.2) is 0 Å². The van der Waals surface area contributed by atoms with Crippen molar-refractivity contribution >= 4 is 5.91 Å². The van der Waals surface area contributed by atoms with Gasteiger partial charge in [0.2, 0.25) is 5.91 Å². The zero-order valence-corrected chi connectivity index (χ0v) is 11.2. The molecule has 17 heavy (non-hydrogen) atoms. The zero-order valence-electron chi connectivity index (χ0n) is 11.2. The van der Waals surface area contributed by atoms with E-state index < -0.39 is 0 Å². The summed E-state index contributed by atoms with van der Waals surface area (Å²) in [6.07, 6.45) is 9.14. The maximum absolute atomic E-state index is 11.5. The van der Waals surface area contributed by atoms with Crippen molar-refractivity contribution in [1.29, 1.82) is 0 Å². The summed E-state index contributed by atoms with van der Waals surface area (Å²) in [6.45, 7) is 6.55. The summed E-state index contributed by atoms with van der Waals surface area (Å²) < 4.78 is 0. The van der Waals surface area contributed by atoms with Crippen LogP contribution in [0.2, 0.25) is 0 Å². The summed E-state index contributed by atoms with van der Waals surface area (Å²) in [6, 6.07) is 0. The van der Waals surface area contributed by atoms with Gasteiger partial charge in [0.05, 0.1) is 6.54 Å². The largest absolute Gasteiger partial charge is 0.355 e. The molecule has 98 valence electrons. The third-order valence-electron chi connectivity index (χ3n) is 3.14. The summed E-state index contributed by atoms with van der Waals surface area (Å²) in [7, 11) is 0. The van der Waals surface area contributed by atoms with Crippen molar-refractivity contribution in [1.82, 2.24) is 10.6 Å². The van der Waals surface area contributed by atoms with E-state index in [1.807, 2.05) is 0 Å². The number of rotatable bonds is 7. The summed E-state index contributed by atoms with van der Waals surface area (Å²) in [5.41, 5.74) is 0. The topological polar surface area (TPSA) is 41.1 Å². The third kappa shape index (κ3) is 7.16. The Morgan fingerprint density at radius 3 is 2.88 bits per heavy atom. The Labute approximate surface area is 105 Å². The SMILES string of the molecule is CC(C)CCNC(=O)CNCC1CC=CCC1. The van der Waals surface area contributed by atoms with Crippen molar-refractivity contribution in [3.05, 3.63) is 12.2 Å². The van der Waals surface area contributed by atoms with E-state index in [2.05, 4.69) is 36.6 Å². The minimum Gasteiger partial charge on any atom is -0.355 e. The van der Waals surface area contributed by atoms with Crippen LogP contribution < -0.4 is 10.6 Å². The van der Waals surface area contributed by atoms with Crippen LogP contribution >= 0.6 is 0 Å². The van der Waals surface area contributed by atoms with Gasteiger partial charge in [-0.1, -0.05) is 26.0 Å². The van der Waals surface area contributed by atoms with Crippen LogP contribution in [0.3, 0.4) is 0 Å². The van der Waals surface area contributed by atoms with Crippen molar-refractivity contribution in [2.45, 2.75) is 39.5 Å². The molecular weight excluding hydrogens is 212 g/mol. The summed E-state index contributed by atoms with van der Waals surface area (Å²) in [5, 5.41) is 6.18. The van der Waals surface area contributed by atoms with Gasteiger partial charge in [-0.3, -0.25) is 4.79 Å². The lowest BCUT2D eigenvalue weighted by molar-refractivity contribution is -0.120. The summed E-state index contributed by atoms with van der Waals surface area (Å²) in [4.78, 5) is 11.5. The van der Waals surface area contributed by atoms with Crippen LogP contribution in [-0.2, 0) is 4.79 Å². The molecule has 0 bridgehead atoms. The molecule has 1 atom stereocenters. The van der Waals surface area contributed by atoms with E-state index in [4.69, 9.17) is 0 Å². The molecule has 0 fully saturated rings. The van der Waals surface area contributed by atoms with Gasteiger partial charge in [0.1, 0.15) is 0 Å². The number of hydrogen-bond donors (Lipinski definition) is 2. The van der Waals surface area contributed by atoms with Crippen molar-refractivity contribution in [3.63, 3.8) is 0 Å². The summed E-state index contributed by atoms with van der Waals surface area (Å²) >= 11 is 0. The van der Waals surface area contributed by atoms with E-state index >= 15 is 0 Å². The Balaban J connectivity index is 1.98. The third-order valence-corrected chi connectivity index (χ3v) is 3.14. The minimum atomic E-state index is 0.122. The fourth-order valence-electron chi connectivity index (χ4n) is 1.99. The predicted molar refractivity (Wildman–Crippen MR) is 71.8 cm³/mol. The first-order chi connectivity index (χ1) is 8.18. The van der Waals surface area contributed by atoms with Crippen LogP contribution in [0.4, 0.5) is 0 Å². The smallest absolute Gasteiger partial charge is 0.233 e. The first-order valence-electron chi connectivity index (χ1n) is 6.81. The monoisotopic (exact) mass is 238 g/mol. The molecule has 1 amide bonds. The molecule has 0 heterocycles. The molecule has 0 aliphatic heterocycles. The minimum absolute atomic E-state index is 0.122. The molecule has 1 aliphatic carbocycles. The van der Waals surface area contributed by atoms with E-state index in [1.54, 1.807) is 0 Å². The fraction of sp³-hybridized carbons (Fsp3) is 0.786. The highest BCUT2D eigenvalue weighted by Gasteiger charge is 2.09. The van der Waals surface area contributed by atoms with E-state index in [9.17, 15) is 4.79 Å². The lowest BCUT2D eigenvalue weighted by Gasteiger charge is -2.18. The van der Waals surface area contributed by atoms with Crippen LogP contribution in [0.25, 0.3) is 0 Å². The second-order valence-corrected chi connectivity index (χ2v) is 5.31. The zero-order chi connectivity index (χ0) is 12.5. The van der Waals surface area contributed by atoms with Crippen molar-refractivity contribution in [2.24, 2.45) is 11.8 Å². The maximum Gasteiger partial charge on any atom is 0.233 e. The van der Waals surface area contributed by atoms with E-state index in [-0.39, 0.29) is 5.91 Å². The fourth-order valence-corrected chi connectivity index (χ4v) is 1.99. The number of carbonyl (C=O) groups excluding carboxylic acids is 1. The summed E-state index contributed by atoms with van der Waals surface area (Å²) in [5.74, 6) is 1.48. The molecule has 0 aromatic carbocycles. The van der Waals surface area contributed by atoms with Crippen LogP contribution in [0.1, 0.15) is 39.5 Å². The molecule has 3 nitrogen and oxygen atoms in total. The Morgan fingerprint density at radius 1 is 1.41 bits per heavy atom. The Kier molecular flexibility index (Phi) is 6.94. The van der Waals surface area contributed by atoms with Crippen LogP contribution in [0.15, 0.2) is 12.2 Å². The van der Waals surface area contributed by atoms with Gasteiger partial charge in [0, 0.05) is 6.54 Å².